The number of carbonyl (C=O) groups is 1. The van der Waals surface area contributed by atoms with E-state index in [4.69, 9.17) is 0 Å². The molecule has 1 N–H and O–H groups in total. The van der Waals surface area contributed by atoms with Crippen molar-refractivity contribution in [2.24, 2.45) is 7.05 Å². The number of carbonyl (C=O) groups excluding carboxylic acids is 1. The molecule has 3 aliphatic rings. The highest BCUT2D eigenvalue weighted by Crippen LogP contribution is 2.45. The Kier molecular flexibility index (Phi) is 6.50. The minimum Gasteiger partial charge on any atom is -0.384 e. The van der Waals surface area contributed by atoms with Crippen LogP contribution in [0.1, 0.15) is 57.9 Å². The molecule has 4 aromatic rings. The number of fused-ring (bicyclic) bond motifs is 2. The first-order valence-electron chi connectivity index (χ1n) is 14.7. The van der Waals surface area contributed by atoms with E-state index in [0.29, 0.717) is 30.1 Å². The van der Waals surface area contributed by atoms with Crippen LogP contribution in [0.25, 0.3) is 22.3 Å². The smallest absolute Gasteiger partial charge is 0.260 e. The Bertz CT molecular complexity index is 1830. The third-order valence-electron chi connectivity index (χ3n) is 8.94. The summed E-state index contributed by atoms with van der Waals surface area (Å²) in [5.41, 5.74) is 7.67. The number of halogens is 1. The van der Waals surface area contributed by atoms with Crippen molar-refractivity contribution in [3.63, 3.8) is 0 Å². The highest BCUT2D eigenvalue weighted by molar-refractivity contribution is 5.95. The van der Waals surface area contributed by atoms with Gasteiger partial charge in [-0.15, -0.1) is 0 Å². The van der Waals surface area contributed by atoms with E-state index in [2.05, 4.69) is 31.9 Å². The number of aromatic nitrogens is 3. The topological polar surface area (TPSA) is 75.4 Å². The number of amides is 1. The molecule has 1 aromatic carbocycles. The van der Waals surface area contributed by atoms with Gasteiger partial charge in [0.05, 0.1) is 5.69 Å². The molecule has 0 unspecified atom stereocenters. The lowest BCUT2D eigenvalue weighted by atomic mass is 9.90. The molecule has 0 spiro atoms. The molecule has 0 bridgehead atoms. The van der Waals surface area contributed by atoms with Crippen molar-refractivity contribution in [2.45, 2.75) is 38.1 Å². The number of hydrogen-bond donors (Lipinski definition) is 1. The number of hydrogen-bond acceptors (Lipinski definition) is 5. The molecule has 7 rings (SSSR count). The Hall–Kier alpha value is -4.24. The van der Waals surface area contributed by atoms with Crippen molar-refractivity contribution in [3.05, 3.63) is 92.9 Å². The van der Waals surface area contributed by atoms with Crippen molar-refractivity contribution in [3.8, 4) is 5.69 Å². The zero-order valence-electron chi connectivity index (χ0n) is 24.3. The standard InChI is InChI=1S/C33H35FN6O2/c1-37(2)32(41)22-16-25(20-4-5-20)30(27(34)17-22)21-8-13-39(14-9-21)19-23-18-26-29(7-12-36-31(26)38(23)3)40-15-10-28-24(33(40)42)6-11-35-28/h7-8,10,12,15-18,20,35H,4-6,9,11,13-14,19H2,1-3H3. The number of nitrogens with zero attached hydrogens (tertiary/aromatic N) is 5. The van der Waals surface area contributed by atoms with Gasteiger partial charge >= 0.3 is 0 Å². The predicted octanol–water partition coefficient (Wildman–Crippen LogP) is 4.70. The number of benzene rings is 1. The second-order valence-corrected chi connectivity index (χ2v) is 11.9. The molecule has 0 saturated heterocycles. The van der Waals surface area contributed by atoms with Gasteiger partial charge in [-0.25, -0.2) is 9.37 Å². The molecule has 1 aliphatic carbocycles. The van der Waals surface area contributed by atoms with Gasteiger partial charge < -0.3 is 14.8 Å². The van der Waals surface area contributed by atoms with Crippen LogP contribution in [0.4, 0.5) is 10.1 Å². The maximum Gasteiger partial charge on any atom is 0.260 e. The molecule has 0 atom stereocenters. The Morgan fingerprint density at radius 1 is 1.17 bits per heavy atom. The maximum atomic E-state index is 15.5. The van der Waals surface area contributed by atoms with E-state index in [1.807, 2.05) is 31.4 Å². The van der Waals surface area contributed by atoms with Crippen LogP contribution >= 0.6 is 0 Å². The fourth-order valence-electron chi connectivity index (χ4n) is 6.49. The zero-order chi connectivity index (χ0) is 29.1. The summed E-state index contributed by atoms with van der Waals surface area (Å²) in [6, 6.07) is 9.33. The summed E-state index contributed by atoms with van der Waals surface area (Å²) in [7, 11) is 5.41. The third-order valence-corrected chi connectivity index (χ3v) is 8.94. The van der Waals surface area contributed by atoms with Crippen LogP contribution in [0.2, 0.25) is 0 Å². The summed E-state index contributed by atoms with van der Waals surface area (Å²) in [6.07, 6.45) is 9.30. The predicted molar refractivity (Wildman–Crippen MR) is 163 cm³/mol. The van der Waals surface area contributed by atoms with Crippen LogP contribution in [-0.4, -0.2) is 63.6 Å². The van der Waals surface area contributed by atoms with Gasteiger partial charge in [0, 0.05) is 93.2 Å². The minimum absolute atomic E-state index is 0.0148. The second-order valence-electron chi connectivity index (χ2n) is 11.9. The van der Waals surface area contributed by atoms with Crippen molar-refractivity contribution in [1.29, 1.82) is 0 Å². The van der Waals surface area contributed by atoms with Crippen molar-refractivity contribution >= 4 is 28.2 Å². The highest BCUT2D eigenvalue weighted by Gasteiger charge is 2.31. The summed E-state index contributed by atoms with van der Waals surface area (Å²) < 4.78 is 19.4. The van der Waals surface area contributed by atoms with Crippen molar-refractivity contribution < 1.29 is 9.18 Å². The maximum absolute atomic E-state index is 15.5. The zero-order valence-corrected chi connectivity index (χ0v) is 24.3. The normalized spacial score (nSPS) is 16.8. The van der Waals surface area contributed by atoms with Crippen molar-refractivity contribution in [2.75, 3.05) is 39.0 Å². The average molecular weight is 567 g/mol. The van der Waals surface area contributed by atoms with Crippen LogP contribution in [-0.2, 0) is 20.0 Å². The van der Waals surface area contributed by atoms with Crippen LogP contribution in [0.15, 0.2) is 53.6 Å². The molecule has 42 heavy (non-hydrogen) atoms. The Labute approximate surface area is 244 Å². The molecule has 1 fully saturated rings. The van der Waals surface area contributed by atoms with E-state index in [9.17, 15) is 9.59 Å². The number of aryl methyl sites for hydroxylation is 1. The summed E-state index contributed by atoms with van der Waals surface area (Å²) in [5, 5.41) is 4.22. The van der Waals surface area contributed by atoms with E-state index in [1.54, 1.807) is 24.9 Å². The average Bonchev–Trinajstić information content (AvgIpc) is 3.64. The summed E-state index contributed by atoms with van der Waals surface area (Å²) in [4.78, 5) is 34.3. The van der Waals surface area contributed by atoms with Gasteiger partial charge in [0.2, 0.25) is 0 Å². The van der Waals surface area contributed by atoms with Gasteiger partial charge in [0.15, 0.2) is 0 Å². The molecule has 2 aliphatic heterocycles. The number of anilines is 1. The Morgan fingerprint density at radius 3 is 2.74 bits per heavy atom. The number of nitrogens with one attached hydrogen (secondary N) is 1. The molecule has 8 nitrogen and oxygen atoms in total. The lowest BCUT2D eigenvalue weighted by Crippen LogP contribution is -2.29. The van der Waals surface area contributed by atoms with Crippen LogP contribution in [0.3, 0.4) is 0 Å². The van der Waals surface area contributed by atoms with Gasteiger partial charge in [0.25, 0.3) is 11.5 Å². The van der Waals surface area contributed by atoms with E-state index in [1.165, 1.54) is 11.0 Å². The van der Waals surface area contributed by atoms with Gasteiger partial charge in [-0.3, -0.25) is 19.1 Å². The summed E-state index contributed by atoms with van der Waals surface area (Å²) in [5.74, 6) is -0.138. The molecule has 5 heterocycles. The highest BCUT2D eigenvalue weighted by atomic mass is 19.1. The first kappa shape index (κ1) is 26.6. The fourth-order valence-corrected chi connectivity index (χ4v) is 6.49. The van der Waals surface area contributed by atoms with Gasteiger partial charge in [-0.05, 0) is 73.1 Å². The van der Waals surface area contributed by atoms with Gasteiger partial charge in [-0.2, -0.15) is 0 Å². The van der Waals surface area contributed by atoms with Crippen molar-refractivity contribution in [1.82, 2.24) is 23.9 Å². The third kappa shape index (κ3) is 4.52. The SMILES string of the molecule is CN(C)C(=O)c1cc(F)c(C2=CCN(Cc3cc4c(-n5ccc6c(c5=O)CCN6)ccnc4n3C)CC2)c(C2CC2)c1. The number of rotatable bonds is 6. The second kappa shape index (κ2) is 10.2. The lowest BCUT2D eigenvalue weighted by Gasteiger charge is -2.28. The molecule has 9 heteroatoms. The molecular formula is C33H35FN6O2. The molecule has 0 radical (unpaired) electrons. The Morgan fingerprint density at radius 2 is 2.00 bits per heavy atom. The minimum atomic E-state index is -0.297. The van der Waals surface area contributed by atoms with Crippen LogP contribution < -0.4 is 10.9 Å². The summed E-state index contributed by atoms with van der Waals surface area (Å²) >= 11 is 0. The quantitative estimate of drug-likeness (QED) is 0.366. The summed E-state index contributed by atoms with van der Waals surface area (Å²) in [6.45, 7) is 3.01. The van der Waals surface area contributed by atoms with E-state index in [0.717, 1.165) is 83.6 Å². The van der Waals surface area contributed by atoms with E-state index < -0.39 is 0 Å². The first-order chi connectivity index (χ1) is 20.3. The fraction of sp³-hybridized carbons (Fsp3) is 0.364. The molecule has 1 amide bonds. The largest absolute Gasteiger partial charge is 0.384 e. The first-order valence-corrected chi connectivity index (χ1v) is 14.7. The van der Waals surface area contributed by atoms with Gasteiger partial charge in [0.1, 0.15) is 11.5 Å². The molecule has 216 valence electrons. The molecule has 3 aromatic heterocycles. The monoisotopic (exact) mass is 566 g/mol. The number of pyridine rings is 2. The van der Waals surface area contributed by atoms with E-state index in [-0.39, 0.29) is 17.3 Å². The lowest BCUT2D eigenvalue weighted by molar-refractivity contribution is 0.0827. The molecular weight excluding hydrogens is 531 g/mol. The van der Waals surface area contributed by atoms with E-state index >= 15 is 4.39 Å². The van der Waals surface area contributed by atoms with Gasteiger partial charge in [-0.1, -0.05) is 6.08 Å². The van der Waals surface area contributed by atoms with Crippen LogP contribution in [0, 0.1) is 5.82 Å². The Balaban J connectivity index is 1.15. The molecule has 1 saturated carbocycles. The van der Waals surface area contributed by atoms with Crippen LogP contribution in [0.5, 0.6) is 0 Å².